The van der Waals surface area contributed by atoms with Gasteiger partial charge in [-0.1, -0.05) is 27.7 Å². The number of carbonyl (C=O) groups is 11. The Kier molecular flexibility index (Phi) is 37.9. The van der Waals surface area contributed by atoms with Crippen LogP contribution in [0.15, 0.2) is 0 Å². The first-order valence-electron chi connectivity index (χ1n) is 25.7. The molecule has 32 nitrogen and oxygen atoms in total. The Bertz CT molecular complexity index is 1880. The maximum absolute atomic E-state index is 14.4. The fourth-order valence-corrected chi connectivity index (χ4v) is 6.92. The van der Waals surface area contributed by atoms with E-state index in [0.29, 0.717) is 13.0 Å². The van der Waals surface area contributed by atoms with E-state index in [1.165, 1.54) is 0 Å². The summed E-state index contributed by atoms with van der Waals surface area (Å²) in [5, 5.41) is 26.5. The van der Waals surface area contributed by atoms with Crippen molar-refractivity contribution in [3.63, 3.8) is 0 Å². The Morgan fingerprint density at radius 1 is 0.429 bits per heavy atom. The monoisotopic (exact) mass is 1100 g/mol. The van der Waals surface area contributed by atoms with E-state index in [0.717, 1.165) is 0 Å². The summed E-state index contributed by atoms with van der Waals surface area (Å²) in [4.78, 5) is 144. The van der Waals surface area contributed by atoms with Crippen LogP contribution in [0.1, 0.15) is 86.0 Å². The lowest BCUT2D eigenvalue weighted by molar-refractivity contribution is -0.141. The second kappa shape index (κ2) is 40.7. The predicted octanol–water partition coefficient (Wildman–Crippen LogP) is -10.1. The minimum atomic E-state index is -1.46. The van der Waals surface area contributed by atoms with Crippen LogP contribution in [-0.2, 0) is 52.7 Å². The third-order valence-electron chi connectivity index (χ3n) is 11.1. The molecule has 0 aliphatic carbocycles. The van der Waals surface area contributed by atoms with Crippen LogP contribution in [0.5, 0.6) is 0 Å². The number of Topliss-reactive ketones (excluding diaryl/α,β-unsaturated/α-hetero) is 5. The standard InChI is InChI=1S/C45H91N21O11/c1-24(2)16-30(64-41(76)28(11-8-14-55-44(49)50)57-18-32(67)26(5)53-6)40(75)39(74)27(10-7-13-54-43(47)48)63-42(77)29(12-9-15-56-45(51)52)65-66-31(17-25(3)4)38(73)33(68)19-58-35(70)21-59-36(71)22-60-37(72)23-62-61-20-34(46)69/h24-31,43-45,53-57,61-62,65-66H,7-23,47-52H2,1-6H3,(H2,46,69)(H,58,70)(H,59,71)(H,60,72)(H,63,77)(H,64,76)/t26-,27-,28-,29-,30-,31-/m0/s1. The molecule has 0 unspecified atom stereocenters. The number of amides is 6. The summed E-state index contributed by atoms with van der Waals surface area (Å²) in [5.41, 5.74) is 49.2. The number of nitrogens with one attached hydrogen (secondary N) is 14. The Morgan fingerprint density at radius 3 is 1.31 bits per heavy atom. The van der Waals surface area contributed by atoms with Gasteiger partial charge in [-0.25, -0.2) is 21.7 Å². The normalized spacial score (nSPS) is 13.9. The molecule has 0 aliphatic rings. The van der Waals surface area contributed by atoms with Crippen molar-refractivity contribution in [2.24, 2.45) is 52.0 Å². The predicted molar refractivity (Wildman–Crippen MR) is 284 cm³/mol. The van der Waals surface area contributed by atoms with Crippen LogP contribution in [0.3, 0.4) is 0 Å². The smallest absolute Gasteiger partial charge is 0.239 e. The summed E-state index contributed by atoms with van der Waals surface area (Å²) in [5.74, 6) is -8.97. The molecule has 0 bridgehead atoms. The number of carbonyl (C=O) groups excluding carboxylic acids is 11. The number of hydrazine groups is 2. The summed E-state index contributed by atoms with van der Waals surface area (Å²) in [6.07, 6.45) is -1.58. The first-order valence-corrected chi connectivity index (χ1v) is 25.7. The molecular formula is C45H91N21O11. The minimum Gasteiger partial charge on any atom is -0.369 e. The van der Waals surface area contributed by atoms with E-state index in [4.69, 9.17) is 40.1 Å². The van der Waals surface area contributed by atoms with E-state index >= 15 is 0 Å². The first kappa shape index (κ1) is 71.6. The molecule has 0 heterocycles. The molecule has 0 aliphatic heterocycles. The molecule has 0 fully saturated rings. The van der Waals surface area contributed by atoms with Gasteiger partial charge in [0.05, 0.1) is 75.5 Å². The molecule has 28 N–H and O–H groups in total. The zero-order valence-corrected chi connectivity index (χ0v) is 45.4. The van der Waals surface area contributed by atoms with Gasteiger partial charge >= 0.3 is 0 Å². The summed E-state index contributed by atoms with van der Waals surface area (Å²) >= 11 is 0. The summed E-state index contributed by atoms with van der Waals surface area (Å²) < 4.78 is 0. The van der Waals surface area contributed by atoms with E-state index in [9.17, 15) is 52.7 Å². The highest BCUT2D eigenvalue weighted by Gasteiger charge is 2.36. The number of hydrogen-bond acceptors (Lipinski definition) is 26. The quantitative estimate of drug-likeness (QED) is 0.0116. The fourth-order valence-electron chi connectivity index (χ4n) is 6.92. The zero-order valence-electron chi connectivity index (χ0n) is 45.4. The number of nitrogens with two attached hydrogens (primary N) is 7. The van der Waals surface area contributed by atoms with Crippen molar-refractivity contribution in [3.05, 3.63) is 0 Å². The molecule has 6 amide bonds. The molecule has 0 saturated heterocycles. The van der Waals surface area contributed by atoms with Crippen molar-refractivity contribution in [3.8, 4) is 0 Å². The van der Waals surface area contributed by atoms with Gasteiger partial charge in [0.25, 0.3) is 0 Å². The number of hydrogen-bond donors (Lipinski definition) is 21. The van der Waals surface area contributed by atoms with E-state index in [1.54, 1.807) is 41.7 Å². The molecule has 0 rings (SSSR count). The molecule has 442 valence electrons. The lowest BCUT2D eigenvalue weighted by Gasteiger charge is -2.27. The minimum absolute atomic E-state index is 0.0206. The first-order chi connectivity index (χ1) is 36.2. The average molecular weight is 1100 g/mol. The SMILES string of the molecule is CN[C@@H](C)C(=O)CN[C@@H](CCCNC(N)N)C(=O)N[C@@H](CC(C)C)C(=O)C(=O)[C@H](CCCNC(N)N)NC(=O)[C@H](CCCNC(N)N)NN[C@@H](CC(C)C)C(=O)C(=O)CNC(=O)CNC(=O)CNC(=O)CNNCC(N)=O. The van der Waals surface area contributed by atoms with Crippen LogP contribution in [0.25, 0.3) is 0 Å². The molecule has 0 saturated carbocycles. The van der Waals surface area contributed by atoms with E-state index in [1.807, 2.05) is 0 Å². The Morgan fingerprint density at radius 2 is 0.831 bits per heavy atom. The summed E-state index contributed by atoms with van der Waals surface area (Å²) in [6.45, 7) is 6.92. The highest BCUT2D eigenvalue weighted by molar-refractivity contribution is 6.41. The third kappa shape index (κ3) is 34.9. The third-order valence-corrected chi connectivity index (χ3v) is 11.1. The van der Waals surface area contributed by atoms with Gasteiger partial charge in [-0.15, -0.1) is 0 Å². The van der Waals surface area contributed by atoms with Crippen molar-refractivity contribution in [2.45, 2.75) is 141 Å². The second-order valence-electron chi connectivity index (χ2n) is 19.1. The molecule has 0 aromatic heterocycles. The van der Waals surface area contributed by atoms with Gasteiger partial charge in [0.2, 0.25) is 58.6 Å². The van der Waals surface area contributed by atoms with Crippen molar-refractivity contribution >= 4 is 64.4 Å². The number of rotatable bonds is 47. The van der Waals surface area contributed by atoms with Crippen molar-refractivity contribution in [1.82, 2.24) is 74.9 Å². The maximum atomic E-state index is 14.4. The molecule has 0 spiro atoms. The average Bonchev–Trinajstić information content (AvgIpc) is 3.35. The lowest BCUT2D eigenvalue weighted by Crippen LogP contribution is -2.59. The van der Waals surface area contributed by atoms with Gasteiger partial charge in [0, 0.05) is 0 Å². The molecule has 32 heteroatoms. The second-order valence-corrected chi connectivity index (χ2v) is 19.1. The van der Waals surface area contributed by atoms with Gasteiger partial charge < -0.3 is 72.0 Å². The highest BCUT2D eigenvalue weighted by atomic mass is 16.2. The van der Waals surface area contributed by atoms with Gasteiger partial charge in [0.15, 0.2) is 5.78 Å². The molecule has 0 aromatic carbocycles. The van der Waals surface area contributed by atoms with Crippen molar-refractivity contribution < 1.29 is 52.7 Å². The summed E-state index contributed by atoms with van der Waals surface area (Å²) in [7, 11) is 1.62. The molecule has 6 atom stereocenters. The molecular weight excluding hydrogens is 1010 g/mol. The van der Waals surface area contributed by atoms with Gasteiger partial charge in [0.1, 0.15) is 18.9 Å². The van der Waals surface area contributed by atoms with Crippen LogP contribution in [0.2, 0.25) is 0 Å². The largest absolute Gasteiger partial charge is 0.369 e. The van der Waals surface area contributed by atoms with Crippen LogP contribution in [-0.4, -0.2) is 185 Å². The van der Waals surface area contributed by atoms with Crippen molar-refractivity contribution in [1.29, 1.82) is 0 Å². The highest BCUT2D eigenvalue weighted by Crippen LogP contribution is 2.12. The molecule has 77 heavy (non-hydrogen) atoms. The van der Waals surface area contributed by atoms with Crippen LogP contribution < -0.4 is 115 Å². The van der Waals surface area contributed by atoms with E-state index in [2.05, 4.69) is 74.9 Å². The topological polar surface area (TPSA) is 538 Å². The molecule has 0 radical (unpaired) electrons. The molecule has 0 aromatic rings. The van der Waals surface area contributed by atoms with E-state index in [-0.39, 0.29) is 95.3 Å². The Labute approximate surface area is 450 Å². The van der Waals surface area contributed by atoms with Gasteiger partial charge in [-0.3, -0.25) is 74.0 Å². The maximum Gasteiger partial charge on any atom is 0.239 e. The summed E-state index contributed by atoms with van der Waals surface area (Å²) in [6, 6.07) is -6.80. The number of likely N-dealkylation sites (N-methyl/N-ethyl adjacent to an activating group) is 1. The van der Waals surface area contributed by atoms with Crippen molar-refractivity contribution in [2.75, 3.05) is 66.0 Å². The van der Waals surface area contributed by atoms with Crippen LogP contribution >= 0.6 is 0 Å². The van der Waals surface area contributed by atoms with Gasteiger partial charge in [-0.05, 0) is 96.8 Å². The van der Waals surface area contributed by atoms with E-state index < -0.39 is 133 Å². The zero-order chi connectivity index (χ0) is 58.6. The number of primary amides is 1. The Hall–Kier alpha value is -5.43. The lowest BCUT2D eigenvalue weighted by atomic mass is 9.93. The fraction of sp³-hybridized carbons (Fsp3) is 0.756. The Balaban J connectivity index is 6.40. The van der Waals surface area contributed by atoms with Crippen LogP contribution in [0, 0.1) is 11.8 Å². The van der Waals surface area contributed by atoms with Crippen LogP contribution in [0.4, 0.5) is 0 Å². The number of ketones is 5. The van der Waals surface area contributed by atoms with Gasteiger partial charge in [-0.2, -0.15) is 0 Å².